The number of aryl methyl sites for hydroxylation is 1. The van der Waals surface area contributed by atoms with Gasteiger partial charge in [-0.25, -0.2) is 4.98 Å². The summed E-state index contributed by atoms with van der Waals surface area (Å²) < 4.78 is 2.06. The molecule has 2 aromatic rings. The molecule has 0 radical (unpaired) electrons. The molecule has 0 fully saturated rings. The van der Waals surface area contributed by atoms with E-state index in [-0.39, 0.29) is 6.04 Å². The number of rotatable bonds is 1. The smallest absolute Gasteiger partial charge is 0.194 e. The molecule has 2 heterocycles. The van der Waals surface area contributed by atoms with E-state index in [2.05, 4.69) is 9.38 Å². The van der Waals surface area contributed by atoms with Gasteiger partial charge >= 0.3 is 0 Å². The summed E-state index contributed by atoms with van der Waals surface area (Å²) >= 11 is 1.64. The first-order valence-electron chi connectivity index (χ1n) is 3.88. The van der Waals surface area contributed by atoms with Crippen LogP contribution in [0.3, 0.4) is 0 Å². The van der Waals surface area contributed by atoms with E-state index in [9.17, 15) is 0 Å². The number of nitrogens with two attached hydrogens (primary N) is 1. The van der Waals surface area contributed by atoms with Gasteiger partial charge in [0, 0.05) is 17.6 Å². The Hall–Kier alpha value is -0.870. The molecular weight excluding hydrogens is 170 g/mol. The predicted molar refractivity (Wildman–Crippen MR) is 50.4 cm³/mol. The van der Waals surface area contributed by atoms with E-state index in [1.54, 1.807) is 11.3 Å². The van der Waals surface area contributed by atoms with Crippen LogP contribution in [-0.4, -0.2) is 9.38 Å². The topological polar surface area (TPSA) is 43.3 Å². The molecule has 0 aromatic carbocycles. The van der Waals surface area contributed by atoms with E-state index in [1.807, 2.05) is 25.4 Å². The molecule has 1 unspecified atom stereocenters. The molecule has 0 bridgehead atoms. The van der Waals surface area contributed by atoms with Crippen molar-refractivity contribution in [1.82, 2.24) is 9.38 Å². The van der Waals surface area contributed by atoms with Gasteiger partial charge in [-0.3, -0.25) is 4.40 Å². The monoisotopic (exact) mass is 181 g/mol. The maximum absolute atomic E-state index is 5.83. The lowest BCUT2D eigenvalue weighted by Gasteiger charge is -2.03. The van der Waals surface area contributed by atoms with E-state index in [0.717, 1.165) is 16.3 Å². The van der Waals surface area contributed by atoms with Crippen molar-refractivity contribution in [2.75, 3.05) is 0 Å². The van der Waals surface area contributed by atoms with Crippen molar-refractivity contribution in [1.29, 1.82) is 0 Å². The van der Waals surface area contributed by atoms with Crippen molar-refractivity contribution in [3.63, 3.8) is 0 Å². The summed E-state index contributed by atoms with van der Waals surface area (Å²) in [5.74, 6) is 0. The van der Waals surface area contributed by atoms with Gasteiger partial charge < -0.3 is 5.73 Å². The molecule has 12 heavy (non-hydrogen) atoms. The van der Waals surface area contributed by atoms with Crippen LogP contribution in [0.15, 0.2) is 11.6 Å². The summed E-state index contributed by atoms with van der Waals surface area (Å²) in [5, 5.41) is 2.02. The molecule has 64 valence electrons. The van der Waals surface area contributed by atoms with Crippen molar-refractivity contribution in [3.8, 4) is 0 Å². The van der Waals surface area contributed by atoms with Gasteiger partial charge in [0.15, 0.2) is 4.96 Å². The zero-order chi connectivity index (χ0) is 8.72. The summed E-state index contributed by atoms with van der Waals surface area (Å²) in [4.78, 5) is 5.42. The normalized spacial score (nSPS) is 13.9. The van der Waals surface area contributed by atoms with Crippen molar-refractivity contribution >= 4 is 16.3 Å². The molecule has 0 amide bonds. The molecule has 0 aliphatic heterocycles. The van der Waals surface area contributed by atoms with E-state index in [1.165, 1.54) is 0 Å². The lowest BCUT2D eigenvalue weighted by molar-refractivity contribution is 0.763. The molecule has 4 heteroatoms. The minimum atomic E-state index is 0.0506. The first kappa shape index (κ1) is 7.76. The van der Waals surface area contributed by atoms with Crippen molar-refractivity contribution in [2.45, 2.75) is 19.9 Å². The Morgan fingerprint density at radius 3 is 3.08 bits per heavy atom. The third-order valence-corrected chi connectivity index (χ3v) is 2.67. The highest BCUT2D eigenvalue weighted by Gasteiger charge is 2.11. The SMILES string of the molecule is Cc1nc2sccn2c1C(C)N. The third kappa shape index (κ3) is 0.956. The van der Waals surface area contributed by atoms with E-state index < -0.39 is 0 Å². The van der Waals surface area contributed by atoms with Gasteiger partial charge in [0.1, 0.15) is 0 Å². The number of nitrogens with zero attached hydrogens (tertiary/aromatic N) is 2. The van der Waals surface area contributed by atoms with Gasteiger partial charge in [-0.05, 0) is 13.8 Å². The van der Waals surface area contributed by atoms with E-state index in [4.69, 9.17) is 5.73 Å². The number of hydrogen-bond donors (Lipinski definition) is 1. The maximum Gasteiger partial charge on any atom is 0.194 e. The number of thiazole rings is 1. The first-order chi connectivity index (χ1) is 5.70. The molecule has 1 atom stereocenters. The predicted octanol–water partition coefficient (Wildman–Crippen LogP) is 1.72. The number of aromatic nitrogens is 2. The van der Waals surface area contributed by atoms with Crippen molar-refractivity contribution in [2.24, 2.45) is 5.73 Å². The minimum Gasteiger partial charge on any atom is -0.323 e. The molecule has 0 saturated carbocycles. The number of imidazole rings is 1. The van der Waals surface area contributed by atoms with Crippen LogP contribution in [0.1, 0.15) is 24.4 Å². The third-order valence-electron chi connectivity index (χ3n) is 1.91. The molecule has 0 spiro atoms. The van der Waals surface area contributed by atoms with Crippen molar-refractivity contribution in [3.05, 3.63) is 23.0 Å². The molecule has 2 N–H and O–H groups in total. The lowest BCUT2D eigenvalue weighted by Crippen LogP contribution is -2.08. The van der Waals surface area contributed by atoms with Crippen molar-refractivity contribution < 1.29 is 0 Å². The van der Waals surface area contributed by atoms with Crippen LogP contribution in [-0.2, 0) is 0 Å². The van der Waals surface area contributed by atoms with Gasteiger partial charge in [0.05, 0.1) is 11.4 Å². The van der Waals surface area contributed by atoms with Gasteiger partial charge in [0.25, 0.3) is 0 Å². The van der Waals surface area contributed by atoms with Crippen LogP contribution in [0.2, 0.25) is 0 Å². The molecular formula is C8H11N3S. The van der Waals surface area contributed by atoms with Gasteiger partial charge in [-0.2, -0.15) is 0 Å². The Morgan fingerprint density at radius 2 is 2.42 bits per heavy atom. The Morgan fingerprint density at radius 1 is 1.67 bits per heavy atom. The standard InChI is InChI=1S/C8H11N3S/c1-5(9)7-6(2)10-8-11(7)3-4-12-8/h3-5H,9H2,1-2H3. The first-order valence-corrected chi connectivity index (χ1v) is 4.75. The summed E-state index contributed by atoms with van der Waals surface area (Å²) in [7, 11) is 0. The highest BCUT2D eigenvalue weighted by molar-refractivity contribution is 7.15. The largest absolute Gasteiger partial charge is 0.323 e. The quantitative estimate of drug-likeness (QED) is 0.728. The Bertz CT molecular complexity index is 399. The molecule has 2 rings (SSSR count). The maximum atomic E-state index is 5.83. The summed E-state index contributed by atoms with van der Waals surface area (Å²) in [6.07, 6.45) is 2.01. The zero-order valence-electron chi connectivity index (χ0n) is 7.11. The van der Waals surface area contributed by atoms with Gasteiger partial charge in [0.2, 0.25) is 0 Å². The molecule has 0 aliphatic rings. The fourth-order valence-electron chi connectivity index (χ4n) is 1.46. The Labute approximate surface area is 74.8 Å². The summed E-state index contributed by atoms with van der Waals surface area (Å²) in [6, 6.07) is 0.0506. The van der Waals surface area contributed by atoms with Crippen LogP contribution in [0.5, 0.6) is 0 Å². The molecule has 0 saturated heterocycles. The van der Waals surface area contributed by atoms with E-state index in [0.29, 0.717) is 0 Å². The Kier molecular flexibility index (Phi) is 1.66. The van der Waals surface area contributed by atoms with Crippen LogP contribution in [0.25, 0.3) is 4.96 Å². The van der Waals surface area contributed by atoms with Gasteiger partial charge in [-0.1, -0.05) is 0 Å². The summed E-state index contributed by atoms with van der Waals surface area (Å²) in [6.45, 7) is 3.98. The van der Waals surface area contributed by atoms with E-state index >= 15 is 0 Å². The Balaban J connectivity index is 2.76. The lowest BCUT2D eigenvalue weighted by atomic mass is 10.2. The second-order valence-electron chi connectivity index (χ2n) is 2.93. The minimum absolute atomic E-state index is 0.0506. The van der Waals surface area contributed by atoms with Crippen LogP contribution in [0, 0.1) is 6.92 Å². The fraction of sp³-hybridized carbons (Fsp3) is 0.375. The highest BCUT2D eigenvalue weighted by Crippen LogP contribution is 2.20. The second kappa shape index (κ2) is 2.57. The molecule has 0 aliphatic carbocycles. The molecule has 2 aromatic heterocycles. The highest BCUT2D eigenvalue weighted by atomic mass is 32.1. The fourth-order valence-corrected chi connectivity index (χ4v) is 2.23. The zero-order valence-corrected chi connectivity index (χ0v) is 7.93. The van der Waals surface area contributed by atoms with Crippen LogP contribution in [0.4, 0.5) is 0 Å². The van der Waals surface area contributed by atoms with Crippen LogP contribution >= 0.6 is 11.3 Å². The molecule has 3 nitrogen and oxygen atoms in total. The average molecular weight is 181 g/mol. The second-order valence-corrected chi connectivity index (χ2v) is 3.80. The van der Waals surface area contributed by atoms with Gasteiger partial charge in [-0.15, -0.1) is 11.3 Å². The van der Waals surface area contributed by atoms with Crippen LogP contribution < -0.4 is 5.73 Å². The summed E-state index contributed by atoms with van der Waals surface area (Å²) in [5.41, 5.74) is 7.98. The number of hydrogen-bond acceptors (Lipinski definition) is 3. The average Bonchev–Trinajstić information content (AvgIpc) is 2.44. The number of fused-ring (bicyclic) bond motifs is 1.